The lowest BCUT2D eigenvalue weighted by molar-refractivity contribution is -0.133. The van der Waals surface area contributed by atoms with Crippen LogP contribution in [0.25, 0.3) is 0 Å². The fourth-order valence-corrected chi connectivity index (χ4v) is 5.39. The molecule has 1 heterocycles. The maximum absolute atomic E-state index is 13.7. The van der Waals surface area contributed by atoms with Crippen molar-refractivity contribution in [1.82, 2.24) is 26.6 Å². The lowest BCUT2D eigenvalue weighted by Crippen LogP contribution is -2.57. The van der Waals surface area contributed by atoms with Crippen LogP contribution in [-0.2, 0) is 32.0 Å². The summed E-state index contributed by atoms with van der Waals surface area (Å²) in [7, 11) is 0. The first-order valence-electron chi connectivity index (χ1n) is 16.5. The number of aryl methyl sites for hydroxylation is 1. The molecule has 0 spiro atoms. The summed E-state index contributed by atoms with van der Waals surface area (Å²) >= 11 is 0. The summed E-state index contributed by atoms with van der Waals surface area (Å²) < 4.78 is 5.93. The first kappa shape index (κ1) is 36.4. The first-order chi connectivity index (χ1) is 23.5. The maximum atomic E-state index is 13.7. The van der Waals surface area contributed by atoms with E-state index in [1.165, 1.54) is 12.1 Å². The molecule has 0 radical (unpaired) electrons. The summed E-state index contributed by atoms with van der Waals surface area (Å²) in [6.07, 6.45) is 0.926. The van der Waals surface area contributed by atoms with Crippen molar-refractivity contribution in [2.45, 2.75) is 70.6 Å². The molecule has 0 saturated heterocycles. The zero-order valence-electron chi connectivity index (χ0n) is 28.0. The third kappa shape index (κ3) is 11.1. The zero-order valence-corrected chi connectivity index (χ0v) is 28.0. The van der Waals surface area contributed by atoms with Crippen molar-refractivity contribution in [1.29, 1.82) is 0 Å². The quantitative estimate of drug-likeness (QED) is 0.199. The Hall–Kier alpha value is -5.39. The standard InChI is InChI=1S/C37H45N5O7/c1-23(2)33-37(48)39-24(3)22-49-31-14-8-7-13-28(31)34(45)41-30(35(46)38-19-9-12-25-10-5-4-6-11-25)21-32(44)40-29(36(47)42-33)20-26-15-17-27(43)18-16-26/h4-8,10-11,13-18,23-24,29-30,33,43H,9,12,19-22H2,1-3H3,(H,38,46)(H,39,48)(H,40,44)(H,41,45)(H,42,47)/t24-,29-,30-,33+/m0/s1. The van der Waals surface area contributed by atoms with Gasteiger partial charge in [0, 0.05) is 13.0 Å². The van der Waals surface area contributed by atoms with Gasteiger partial charge in [0.15, 0.2) is 0 Å². The van der Waals surface area contributed by atoms with Crippen molar-refractivity contribution in [3.63, 3.8) is 0 Å². The second-order valence-corrected chi connectivity index (χ2v) is 12.5. The molecule has 5 amide bonds. The van der Waals surface area contributed by atoms with Gasteiger partial charge in [-0.15, -0.1) is 0 Å². The summed E-state index contributed by atoms with van der Waals surface area (Å²) in [5.74, 6) is -2.94. The van der Waals surface area contributed by atoms with E-state index in [9.17, 15) is 29.1 Å². The van der Waals surface area contributed by atoms with Gasteiger partial charge < -0.3 is 36.4 Å². The van der Waals surface area contributed by atoms with Crippen LogP contribution >= 0.6 is 0 Å². The number of fused-ring (bicyclic) bond motifs is 1. The number of carbonyl (C=O) groups excluding carboxylic acids is 5. The molecule has 3 aromatic rings. The third-order valence-electron chi connectivity index (χ3n) is 8.08. The molecule has 4 atom stereocenters. The Bertz CT molecular complexity index is 1600. The minimum atomic E-state index is -1.28. The molecule has 3 aromatic carbocycles. The highest BCUT2D eigenvalue weighted by molar-refractivity contribution is 6.01. The van der Waals surface area contributed by atoms with Gasteiger partial charge in [-0.3, -0.25) is 24.0 Å². The first-order valence-corrected chi connectivity index (χ1v) is 16.5. The SMILES string of the molecule is CC(C)[C@H]1NC(=O)[C@H](Cc2ccc(O)cc2)NC(=O)C[C@@H](C(=O)NCCCc2ccccc2)NC(=O)c2ccccc2OC[C@H](C)NC1=O. The molecule has 4 rings (SSSR count). The van der Waals surface area contributed by atoms with Gasteiger partial charge in [0.2, 0.25) is 23.6 Å². The molecule has 6 N–H and O–H groups in total. The largest absolute Gasteiger partial charge is 0.508 e. The van der Waals surface area contributed by atoms with Crippen LogP contribution < -0.4 is 31.3 Å². The van der Waals surface area contributed by atoms with Crippen LogP contribution in [0, 0.1) is 5.92 Å². The van der Waals surface area contributed by atoms with E-state index < -0.39 is 60.1 Å². The van der Waals surface area contributed by atoms with E-state index in [0.29, 0.717) is 18.5 Å². The van der Waals surface area contributed by atoms with Gasteiger partial charge in [0.05, 0.1) is 18.0 Å². The number of para-hydroxylation sites is 1. The van der Waals surface area contributed by atoms with Crippen molar-refractivity contribution in [3.05, 3.63) is 95.6 Å². The molecule has 260 valence electrons. The molecule has 0 aromatic heterocycles. The Morgan fingerprint density at radius 1 is 0.857 bits per heavy atom. The number of carbonyl (C=O) groups is 5. The number of nitrogens with one attached hydrogen (secondary N) is 5. The lowest BCUT2D eigenvalue weighted by atomic mass is 10.0. The number of phenolic OH excluding ortho intramolecular Hbond substituents is 1. The van der Waals surface area contributed by atoms with Gasteiger partial charge in [-0.1, -0.05) is 68.4 Å². The normalized spacial score (nSPS) is 20.8. The third-order valence-corrected chi connectivity index (χ3v) is 8.08. The van der Waals surface area contributed by atoms with Gasteiger partial charge in [-0.25, -0.2) is 0 Å². The van der Waals surface area contributed by atoms with E-state index in [1.807, 2.05) is 30.3 Å². The average molecular weight is 672 g/mol. The molecule has 12 nitrogen and oxygen atoms in total. The molecule has 0 aliphatic carbocycles. The Balaban J connectivity index is 1.61. The molecule has 1 aliphatic heterocycles. The fraction of sp³-hybridized carbons (Fsp3) is 0.378. The number of benzene rings is 3. The highest BCUT2D eigenvalue weighted by atomic mass is 16.5. The number of hydrogen-bond donors (Lipinski definition) is 6. The van der Waals surface area contributed by atoms with Crippen LogP contribution in [0.5, 0.6) is 11.5 Å². The Labute approximate surface area is 286 Å². The zero-order chi connectivity index (χ0) is 35.3. The highest BCUT2D eigenvalue weighted by Crippen LogP contribution is 2.19. The van der Waals surface area contributed by atoms with E-state index in [2.05, 4.69) is 26.6 Å². The van der Waals surface area contributed by atoms with Crippen molar-refractivity contribution >= 4 is 29.5 Å². The second kappa shape index (κ2) is 17.7. The van der Waals surface area contributed by atoms with Gasteiger partial charge in [0.1, 0.15) is 36.2 Å². The molecule has 0 fully saturated rings. The van der Waals surface area contributed by atoms with Crippen LogP contribution in [-0.4, -0.2) is 72.0 Å². The number of phenols is 1. The van der Waals surface area contributed by atoms with Crippen molar-refractivity contribution in [2.24, 2.45) is 5.92 Å². The van der Waals surface area contributed by atoms with E-state index in [-0.39, 0.29) is 36.0 Å². The Morgan fingerprint density at radius 3 is 2.27 bits per heavy atom. The molecule has 0 unspecified atom stereocenters. The van der Waals surface area contributed by atoms with Crippen molar-refractivity contribution in [3.8, 4) is 11.5 Å². The van der Waals surface area contributed by atoms with E-state index >= 15 is 0 Å². The second-order valence-electron chi connectivity index (χ2n) is 12.5. The van der Waals surface area contributed by atoms with Crippen LogP contribution in [0.3, 0.4) is 0 Å². The topological polar surface area (TPSA) is 175 Å². The minimum absolute atomic E-state index is 0.0175. The molecule has 1 aliphatic rings. The minimum Gasteiger partial charge on any atom is -0.508 e. The predicted octanol–water partition coefficient (Wildman–Crippen LogP) is 2.40. The molecule has 49 heavy (non-hydrogen) atoms. The molecular weight excluding hydrogens is 626 g/mol. The molecule has 0 saturated carbocycles. The summed E-state index contributed by atoms with van der Waals surface area (Å²) in [6.45, 7) is 5.64. The molecule has 0 bridgehead atoms. The predicted molar refractivity (Wildman–Crippen MR) is 184 cm³/mol. The van der Waals surface area contributed by atoms with Crippen LogP contribution in [0.15, 0.2) is 78.9 Å². The molecule has 12 heteroatoms. The number of rotatable bonds is 8. The van der Waals surface area contributed by atoms with Gasteiger partial charge in [-0.05, 0) is 61.1 Å². The number of amides is 5. The Morgan fingerprint density at radius 2 is 1.55 bits per heavy atom. The summed E-state index contributed by atoms with van der Waals surface area (Å²) in [4.78, 5) is 67.6. The van der Waals surface area contributed by atoms with Crippen LogP contribution in [0.2, 0.25) is 0 Å². The monoisotopic (exact) mass is 671 g/mol. The fourth-order valence-electron chi connectivity index (χ4n) is 5.39. The number of aromatic hydroxyl groups is 1. The van der Waals surface area contributed by atoms with Gasteiger partial charge in [-0.2, -0.15) is 0 Å². The number of hydrogen-bond acceptors (Lipinski definition) is 7. The summed E-state index contributed by atoms with van der Waals surface area (Å²) in [5, 5.41) is 23.6. The van der Waals surface area contributed by atoms with E-state index in [0.717, 1.165) is 12.0 Å². The van der Waals surface area contributed by atoms with Gasteiger partial charge >= 0.3 is 0 Å². The highest BCUT2D eigenvalue weighted by Gasteiger charge is 2.32. The van der Waals surface area contributed by atoms with Crippen molar-refractivity contribution < 1.29 is 33.8 Å². The lowest BCUT2D eigenvalue weighted by Gasteiger charge is -2.27. The van der Waals surface area contributed by atoms with E-state index in [4.69, 9.17) is 4.74 Å². The Kier molecular flexibility index (Phi) is 13.1. The number of ether oxygens (including phenoxy) is 1. The maximum Gasteiger partial charge on any atom is 0.255 e. The van der Waals surface area contributed by atoms with Crippen LogP contribution in [0.4, 0.5) is 0 Å². The molecular formula is C37H45N5O7. The van der Waals surface area contributed by atoms with Crippen molar-refractivity contribution in [2.75, 3.05) is 13.2 Å². The van der Waals surface area contributed by atoms with Crippen LogP contribution in [0.1, 0.15) is 55.1 Å². The average Bonchev–Trinajstić information content (AvgIpc) is 3.08. The summed E-state index contributed by atoms with van der Waals surface area (Å²) in [6, 6.07) is 18.6. The van der Waals surface area contributed by atoms with E-state index in [1.54, 1.807) is 57.2 Å². The van der Waals surface area contributed by atoms with Gasteiger partial charge in [0.25, 0.3) is 5.91 Å². The smallest absolute Gasteiger partial charge is 0.255 e. The summed E-state index contributed by atoms with van der Waals surface area (Å²) in [5.41, 5.74) is 1.90.